The second-order valence-corrected chi connectivity index (χ2v) is 9.91. The molecule has 1 N–H and O–H groups in total. The number of likely N-dealkylation sites (tertiary alicyclic amines) is 1. The van der Waals surface area contributed by atoms with Crippen LogP contribution in [0.4, 0.5) is 24.9 Å². The summed E-state index contributed by atoms with van der Waals surface area (Å²) in [5, 5.41) is 4.43. The maximum atomic E-state index is 12.8. The topological polar surface area (TPSA) is 53.5 Å². The number of ether oxygens (including phenoxy) is 1. The first-order valence-corrected chi connectivity index (χ1v) is 12.4. The number of anilines is 2. The summed E-state index contributed by atoms with van der Waals surface area (Å²) in [5.74, 6) is 1.86. The summed E-state index contributed by atoms with van der Waals surface area (Å²) in [6.07, 6.45) is -2.19. The van der Waals surface area contributed by atoms with E-state index < -0.39 is 6.36 Å². The smallest absolute Gasteiger partial charge is 0.405 e. The van der Waals surface area contributed by atoms with E-state index in [1.807, 2.05) is 43.3 Å². The van der Waals surface area contributed by atoms with Crippen molar-refractivity contribution in [3.63, 3.8) is 0 Å². The van der Waals surface area contributed by atoms with Crippen molar-refractivity contribution in [1.29, 1.82) is 0 Å². The molecule has 4 rings (SSSR count). The molecule has 10 heteroatoms. The molecule has 1 aliphatic rings. The lowest BCUT2D eigenvalue weighted by Crippen LogP contribution is -2.37. The van der Waals surface area contributed by atoms with Gasteiger partial charge in [-0.15, -0.1) is 13.2 Å². The minimum atomic E-state index is -4.71. The molecule has 0 aliphatic carbocycles. The predicted octanol–water partition coefficient (Wildman–Crippen LogP) is 5.72. The van der Waals surface area contributed by atoms with Crippen molar-refractivity contribution in [2.75, 3.05) is 50.5 Å². The molecule has 6 nitrogen and oxygen atoms in total. The Kier molecular flexibility index (Phi) is 8.01. The van der Waals surface area contributed by atoms with Gasteiger partial charge in [0.25, 0.3) is 0 Å². The fourth-order valence-electron chi connectivity index (χ4n) is 4.36. The molecule has 2 heterocycles. The highest BCUT2D eigenvalue weighted by molar-refractivity contribution is 9.10. The molecule has 0 spiro atoms. The summed E-state index contributed by atoms with van der Waals surface area (Å²) >= 11 is 3.22. The fraction of sp³-hybridized carbons (Fsp3) is 0.440. The number of alkyl halides is 3. The van der Waals surface area contributed by atoms with Crippen molar-refractivity contribution in [2.24, 2.45) is 5.92 Å². The lowest BCUT2D eigenvalue weighted by Gasteiger charge is -2.32. The SMILES string of the molecule is CN(C)c1nc(NCC2CCN(CCc3ccc(Br)cc3OC(F)(F)F)CC2)nc2ccccc12. The molecule has 0 unspecified atom stereocenters. The van der Waals surface area contributed by atoms with Crippen LogP contribution in [0.15, 0.2) is 46.9 Å². The number of piperidine rings is 1. The minimum Gasteiger partial charge on any atom is -0.405 e. The molecule has 1 fully saturated rings. The molecular weight excluding hydrogens is 523 g/mol. The quantitative estimate of drug-likeness (QED) is 0.386. The Hall–Kier alpha value is -2.59. The minimum absolute atomic E-state index is 0.140. The molecule has 0 bridgehead atoms. The number of para-hydroxylation sites is 1. The standard InChI is InChI=1S/C25H29BrF3N5O/c1-33(2)23-20-5-3-4-6-21(20)31-24(32-23)30-16-17-9-12-34(13-10-17)14-11-18-7-8-19(26)15-22(18)35-25(27,28)29/h3-8,15,17H,9-14,16H2,1-2H3,(H,30,31,32). The van der Waals surface area contributed by atoms with E-state index in [1.54, 1.807) is 12.1 Å². The van der Waals surface area contributed by atoms with Crippen molar-refractivity contribution in [1.82, 2.24) is 14.9 Å². The Morgan fingerprint density at radius 1 is 1.11 bits per heavy atom. The van der Waals surface area contributed by atoms with Gasteiger partial charge < -0.3 is 19.9 Å². The van der Waals surface area contributed by atoms with Crippen LogP contribution in [0.5, 0.6) is 5.75 Å². The van der Waals surface area contributed by atoms with Gasteiger partial charge in [-0.3, -0.25) is 0 Å². The summed E-state index contributed by atoms with van der Waals surface area (Å²) in [5.41, 5.74) is 1.46. The van der Waals surface area contributed by atoms with Crippen LogP contribution in [-0.4, -0.2) is 61.5 Å². The van der Waals surface area contributed by atoms with E-state index in [9.17, 15) is 13.2 Å². The van der Waals surface area contributed by atoms with E-state index in [4.69, 9.17) is 4.98 Å². The van der Waals surface area contributed by atoms with Crippen LogP contribution in [-0.2, 0) is 6.42 Å². The average molecular weight is 552 g/mol. The van der Waals surface area contributed by atoms with Crippen LogP contribution >= 0.6 is 15.9 Å². The molecule has 3 aromatic rings. The highest BCUT2D eigenvalue weighted by Gasteiger charge is 2.32. The monoisotopic (exact) mass is 551 g/mol. The average Bonchev–Trinajstić information content (AvgIpc) is 2.81. The molecule has 0 radical (unpaired) electrons. The second-order valence-electron chi connectivity index (χ2n) is 9.00. The summed E-state index contributed by atoms with van der Waals surface area (Å²) in [6.45, 7) is 3.28. The third-order valence-corrected chi connectivity index (χ3v) is 6.71. The summed E-state index contributed by atoms with van der Waals surface area (Å²) in [4.78, 5) is 13.7. The van der Waals surface area contributed by atoms with Gasteiger partial charge in [0.2, 0.25) is 5.95 Å². The first kappa shape index (κ1) is 25.5. The van der Waals surface area contributed by atoms with Crippen LogP contribution in [0.2, 0.25) is 0 Å². The number of fused-ring (bicyclic) bond motifs is 1. The Balaban J connectivity index is 1.29. The predicted molar refractivity (Wildman–Crippen MR) is 136 cm³/mol. The van der Waals surface area contributed by atoms with Crippen LogP contribution in [0.1, 0.15) is 18.4 Å². The molecule has 1 aliphatic heterocycles. The molecule has 35 heavy (non-hydrogen) atoms. The molecular formula is C25H29BrF3N5O. The maximum absolute atomic E-state index is 12.8. The fourth-order valence-corrected chi connectivity index (χ4v) is 4.70. The van der Waals surface area contributed by atoms with Crippen molar-refractivity contribution in [2.45, 2.75) is 25.6 Å². The van der Waals surface area contributed by atoms with Gasteiger partial charge in [-0.25, -0.2) is 4.98 Å². The first-order chi connectivity index (χ1) is 16.7. The van der Waals surface area contributed by atoms with E-state index in [2.05, 4.69) is 35.9 Å². The normalized spacial score (nSPS) is 15.4. The zero-order valence-electron chi connectivity index (χ0n) is 19.8. The highest BCUT2D eigenvalue weighted by Crippen LogP contribution is 2.30. The number of aromatic nitrogens is 2. The van der Waals surface area contributed by atoms with Gasteiger partial charge in [-0.1, -0.05) is 34.1 Å². The largest absolute Gasteiger partial charge is 0.573 e. The van der Waals surface area contributed by atoms with Crippen molar-refractivity contribution < 1.29 is 17.9 Å². The van der Waals surface area contributed by atoms with Crippen LogP contribution in [0.25, 0.3) is 10.9 Å². The van der Waals surface area contributed by atoms with Crippen molar-refractivity contribution >= 4 is 38.6 Å². The number of hydrogen-bond acceptors (Lipinski definition) is 6. The van der Waals surface area contributed by atoms with Gasteiger partial charge >= 0.3 is 6.36 Å². The van der Waals surface area contributed by atoms with Gasteiger partial charge in [0.15, 0.2) is 0 Å². The molecule has 2 aromatic carbocycles. The van der Waals surface area contributed by atoms with Crippen LogP contribution in [0.3, 0.4) is 0 Å². The Bertz CT molecular complexity index is 1150. The van der Waals surface area contributed by atoms with Crippen molar-refractivity contribution in [3.05, 3.63) is 52.5 Å². The molecule has 188 valence electrons. The first-order valence-electron chi connectivity index (χ1n) is 11.6. The molecule has 0 saturated carbocycles. The Labute approximate surface area is 211 Å². The zero-order valence-corrected chi connectivity index (χ0v) is 21.4. The van der Waals surface area contributed by atoms with Gasteiger partial charge in [0.05, 0.1) is 5.52 Å². The van der Waals surface area contributed by atoms with E-state index in [1.165, 1.54) is 6.07 Å². The number of benzene rings is 2. The van der Waals surface area contributed by atoms with Crippen LogP contribution in [0, 0.1) is 5.92 Å². The van der Waals surface area contributed by atoms with E-state index in [-0.39, 0.29) is 5.75 Å². The van der Waals surface area contributed by atoms with Crippen molar-refractivity contribution in [3.8, 4) is 5.75 Å². The second kappa shape index (κ2) is 11.0. The Morgan fingerprint density at radius 2 is 1.86 bits per heavy atom. The van der Waals surface area contributed by atoms with Gasteiger partial charge in [0.1, 0.15) is 11.6 Å². The zero-order chi connectivity index (χ0) is 25.0. The number of nitrogens with zero attached hydrogens (tertiary/aromatic N) is 4. The lowest BCUT2D eigenvalue weighted by molar-refractivity contribution is -0.274. The van der Waals surface area contributed by atoms with E-state index >= 15 is 0 Å². The third-order valence-electron chi connectivity index (χ3n) is 6.21. The van der Waals surface area contributed by atoms with Gasteiger partial charge in [-0.2, -0.15) is 4.98 Å². The van der Waals surface area contributed by atoms with E-state index in [0.717, 1.165) is 49.2 Å². The molecule has 0 amide bonds. The number of nitrogens with one attached hydrogen (secondary N) is 1. The number of halogens is 4. The number of rotatable bonds is 8. The lowest BCUT2D eigenvalue weighted by atomic mass is 9.96. The highest BCUT2D eigenvalue weighted by atomic mass is 79.9. The molecule has 0 atom stereocenters. The van der Waals surface area contributed by atoms with Gasteiger partial charge in [0, 0.05) is 37.0 Å². The third kappa shape index (κ3) is 6.98. The Morgan fingerprint density at radius 3 is 2.57 bits per heavy atom. The summed E-state index contributed by atoms with van der Waals surface area (Å²) in [6, 6.07) is 12.8. The van der Waals surface area contributed by atoms with E-state index in [0.29, 0.717) is 34.9 Å². The summed E-state index contributed by atoms with van der Waals surface area (Å²) in [7, 11) is 3.95. The number of hydrogen-bond donors (Lipinski definition) is 1. The van der Waals surface area contributed by atoms with Gasteiger partial charge in [-0.05, 0) is 68.1 Å². The molecule has 1 aromatic heterocycles. The maximum Gasteiger partial charge on any atom is 0.573 e. The molecule has 1 saturated heterocycles. The van der Waals surface area contributed by atoms with Crippen LogP contribution < -0.4 is 15.0 Å². The summed E-state index contributed by atoms with van der Waals surface area (Å²) < 4.78 is 43.1.